The molecule has 2 rings (SSSR count). The lowest BCUT2D eigenvalue weighted by Crippen LogP contribution is -2.20. The first-order valence-electron chi connectivity index (χ1n) is 6.83. The zero-order valence-electron chi connectivity index (χ0n) is 12.2. The summed E-state index contributed by atoms with van der Waals surface area (Å²) in [5.41, 5.74) is 0.805. The zero-order valence-corrected chi connectivity index (χ0v) is 12.2. The number of carbonyl (C=O) groups is 2. The lowest BCUT2D eigenvalue weighted by molar-refractivity contribution is -0.142. The van der Waals surface area contributed by atoms with Gasteiger partial charge in [-0.15, -0.1) is 0 Å². The Morgan fingerprint density at radius 3 is 2.62 bits per heavy atom. The molecule has 0 radical (unpaired) electrons. The predicted octanol–water partition coefficient (Wildman–Crippen LogP) is 3.11. The average molecular weight is 286 g/mol. The molecule has 1 aromatic carbocycles. The summed E-state index contributed by atoms with van der Waals surface area (Å²) in [6, 6.07) is 9.32. The van der Waals surface area contributed by atoms with E-state index in [1.54, 1.807) is 0 Å². The summed E-state index contributed by atoms with van der Waals surface area (Å²) < 4.78 is 10.6. The average Bonchev–Trinajstić information content (AvgIpc) is 2.48. The largest absolute Gasteiger partial charge is 0.468 e. The summed E-state index contributed by atoms with van der Waals surface area (Å²) in [5.74, 6) is 0.0561. The van der Waals surface area contributed by atoms with Gasteiger partial charge in [0.15, 0.2) is 5.78 Å². The van der Waals surface area contributed by atoms with Gasteiger partial charge < -0.3 is 9.47 Å². The molecule has 0 bridgehead atoms. The van der Waals surface area contributed by atoms with Gasteiger partial charge in [-0.25, -0.2) is 0 Å². The second kappa shape index (κ2) is 6.88. The molecule has 21 heavy (non-hydrogen) atoms. The van der Waals surface area contributed by atoms with E-state index in [2.05, 4.69) is 0 Å². The number of benzene rings is 1. The molecule has 1 unspecified atom stereocenters. The number of esters is 1. The van der Waals surface area contributed by atoms with Crippen LogP contribution in [-0.4, -0.2) is 18.9 Å². The first-order valence-corrected chi connectivity index (χ1v) is 6.83. The van der Waals surface area contributed by atoms with E-state index in [0.29, 0.717) is 17.9 Å². The maximum atomic E-state index is 12.1. The Bertz CT molecular complexity index is 584. The van der Waals surface area contributed by atoms with Crippen LogP contribution in [0.5, 0.6) is 0 Å². The molecule has 110 valence electrons. The van der Waals surface area contributed by atoms with Crippen molar-refractivity contribution in [2.24, 2.45) is 0 Å². The second-order valence-electron chi connectivity index (χ2n) is 4.84. The fraction of sp³-hybridized carbons (Fsp3) is 0.294. The summed E-state index contributed by atoms with van der Waals surface area (Å²) in [5, 5.41) is 0. The highest BCUT2D eigenvalue weighted by Gasteiger charge is 2.29. The van der Waals surface area contributed by atoms with Gasteiger partial charge in [-0.05, 0) is 25.0 Å². The molecule has 1 aliphatic rings. The lowest BCUT2D eigenvalue weighted by atomic mass is 9.95. The maximum Gasteiger partial charge on any atom is 0.320 e. The molecule has 0 saturated carbocycles. The number of ketones is 1. The van der Waals surface area contributed by atoms with E-state index in [-0.39, 0.29) is 11.8 Å². The molecule has 1 aromatic rings. The number of rotatable bonds is 4. The van der Waals surface area contributed by atoms with Gasteiger partial charge in [0.25, 0.3) is 0 Å². The Balaban J connectivity index is 2.32. The molecule has 0 saturated heterocycles. The third kappa shape index (κ3) is 3.81. The number of hydrogen-bond donors (Lipinski definition) is 0. The maximum absolute atomic E-state index is 12.1. The van der Waals surface area contributed by atoms with Crippen molar-refractivity contribution in [1.29, 1.82) is 0 Å². The fourth-order valence-corrected chi connectivity index (χ4v) is 2.29. The first-order chi connectivity index (χ1) is 10.1. The highest BCUT2D eigenvalue weighted by atomic mass is 16.5. The minimum Gasteiger partial charge on any atom is -0.468 e. The van der Waals surface area contributed by atoms with E-state index in [1.165, 1.54) is 20.1 Å². The van der Waals surface area contributed by atoms with Crippen LogP contribution in [0, 0.1) is 0 Å². The van der Waals surface area contributed by atoms with Crippen LogP contribution in [0.3, 0.4) is 0 Å². The second-order valence-corrected chi connectivity index (χ2v) is 4.84. The highest BCUT2D eigenvalue weighted by molar-refractivity contribution is 5.87. The molecule has 1 atom stereocenters. The van der Waals surface area contributed by atoms with Crippen LogP contribution in [0.2, 0.25) is 0 Å². The van der Waals surface area contributed by atoms with Gasteiger partial charge in [0.05, 0.1) is 7.11 Å². The molecule has 4 heteroatoms. The number of hydrogen-bond acceptors (Lipinski definition) is 4. The van der Waals surface area contributed by atoms with Crippen molar-refractivity contribution in [3.63, 3.8) is 0 Å². The van der Waals surface area contributed by atoms with Gasteiger partial charge in [0.1, 0.15) is 17.4 Å². The zero-order chi connectivity index (χ0) is 15.2. The molecule has 4 nitrogen and oxygen atoms in total. The molecule has 0 fully saturated rings. The van der Waals surface area contributed by atoms with Gasteiger partial charge >= 0.3 is 5.97 Å². The molecule has 0 aromatic heterocycles. The van der Waals surface area contributed by atoms with Gasteiger partial charge in [-0.2, -0.15) is 0 Å². The summed E-state index contributed by atoms with van der Waals surface area (Å²) in [6.45, 7) is 1.48. The van der Waals surface area contributed by atoms with Crippen LogP contribution in [-0.2, 0) is 19.1 Å². The SMILES string of the molecule is COC(=O)C(C1=CCC/C(=C\C(C)=O)O1)c1ccccc1. The van der Waals surface area contributed by atoms with Crippen molar-refractivity contribution in [3.8, 4) is 0 Å². The number of methoxy groups -OCH3 is 1. The predicted molar refractivity (Wildman–Crippen MR) is 78.4 cm³/mol. The third-order valence-corrected chi connectivity index (χ3v) is 3.20. The molecule has 0 aliphatic carbocycles. The summed E-state index contributed by atoms with van der Waals surface area (Å²) >= 11 is 0. The van der Waals surface area contributed by atoms with Crippen molar-refractivity contribution in [2.75, 3.05) is 7.11 Å². The molecule has 0 spiro atoms. The van der Waals surface area contributed by atoms with Crippen LogP contribution < -0.4 is 0 Å². The molecule has 1 aliphatic heterocycles. The highest BCUT2D eigenvalue weighted by Crippen LogP contribution is 2.32. The minimum absolute atomic E-state index is 0.0689. The van der Waals surface area contributed by atoms with Crippen LogP contribution in [0.25, 0.3) is 0 Å². The normalized spacial score (nSPS) is 17.6. The molecule has 0 amide bonds. The van der Waals surface area contributed by atoms with E-state index >= 15 is 0 Å². The topological polar surface area (TPSA) is 52.6 Å². The standard InChI is InChI=1S/C17H18O4/c1-12(18)11-14-9-6-10-15(21-14)16(17(19)20-2)13-7-4-3-5-8-13/h3-5,7-8,10-11,16H,6,9H2,1-2H3/b14-11+. The van der Waals surface area contributed by atoms with Crippen molar-refractivity contribution >= 4 is 11.8 Å². The number of allylic oxidation sites excluding steroid dienone is 3. The molecular weight excluding hydrogens is 268 g/mol. The molecule has 1 heterocycles. The lowest BCUT2D eigenvalue weighted by Gasteiger charge is -2.23. The quantitative estimate of drug-likeness (QED) is 0.630. The molecular formula is C17H18O4. The van der Waals surface area contributed by atoms with Gasteiger partial charge in [0.2, 0.25) is 0 Å². The van der Waals surface area contributed by atoms with Crippen molar-refractivity contribution in [1.82, 2.24) is 0 Å². The van der Waals surface area contributed by atoms with Crippen molar-refractivity contribution in [2.45, 2.75) is 25.7 Å². The van der Waals surface area contributed by atoms with Gasteiger partial charge in [-0.1, -0.05) is 30.3 Å². The van der Waals surface area contributed by atoms with E-state index < -0.39 is 5.92 Å². The van der Waals surface area contributed by atoms with E-state index in [1.807, 2.05) is 36.4 Å². The monoisotopic (exact) mass is 286 g/mol. The third-order valence-electron chi connectivity index (χ3n) is 3.20. The minimum atomic E-state index is -0.605. The van der Waals surface area contributed by atoms with Gasteiger partial charge in [0, 0.05) is 12.5 Å². The summed E-state index contributed by atoms with van der Waals surface area (Å²) in [4.78, 5) is 23.3. The number of carbonyl (C=O) groups excluding carboxylic acids is 2. The Morgan fingerprint density at radius 2 is 2.00 bits per heavy atom. The van der Waals surface area contributed by atoms with Crippen molar-refractivity contribution in [3.05, 3.63) is 59.6 Å². The Morgan fingerprint density at radius 1 is 1.29 bits per heavy atom. The Hall–Kier alpha value is -2.36. The van der Waals surface area contributed by atoms with Crippen LogP contribution in [0.15, 0.2) is 54.0 Å². The van der Waals surface area contributed by atoms with E-state index in [0.717, 1.165) is 12.0 Å². The van der Waals surface area contributed by atoms with Crippen LogP contribution >= 0.6 is 0 Å². The van der Waals surface area contributed by atoms with E-state index in [9.17, 15) is 9.59 Å². The molecule has 0 N–H and O–H groups in total. The first kappa shape index (κ1) is 15.0. The summed E-state index contributed by atoms with van der Waals surface area (Å²) in [6.07, 6.45) is 4.74. The van der Waals surface area contributed by atoms with Crippen molar-refractivity contribution < 1.29 is 19.1 Å². The smallest absolute Gasteiger partial charge is 0.320 e. The summed E-state index contributed by atoms with van der Waals surface area (Å²) in [7, 11) is 1.36. The number of ether oxygens (including phenoxy) is 2. The van der Waals surface area contributed by atoms with E-state index in [4.69, 9.17) is 9.47 Å². The Kier molecular flexibility index (Phi) is 4.93. The van der Waals surface area contributed by atoms with Crippen LogP contribution in [0.1, 0.15) is 31.2 Å². The Labute approximate surface area is 124 Å². The fourth-order valence-electron chi connectivity index (χ4n) is 2.29. The van der Waals surface area contributed by atoms with Crippen LogP contribution in [0.4, 0.5) is 0 Å². The van der Waals surface area contributed by atoms with Gasteiger partial charge in [-0.3, -0.25) is 9.59 Å².